The average molecular weight is 460 g/mol. The van der Waals surface area contributed by atoms with Gasteiger partial charge in [0.2, 0.25) is 10.0 Å². The van der Waals surface area contributed by atoms with Crippen LogP contribution in [0.4, 0.5) is 11.4 Å². The Morgan fingerprint density at radius 2 is 1.41 bits per heavy atom. The molecule has 2 N–H and O–H groups in total. The van der Waals surface area contributed by atoms with Gasteiger partial charge in [0, 0.05) is 35.6 Å². The van der Waals surface area contributed by atoms with Gasteiger partial charge in [0.1, 0.15) is 0 Å². The van der Waals surface area contributed by atoms with Crippen LogP contribution in [0.15, 0.2) is 48.5 Å². The molecule has 1 heterocycles. The predicted molar refractivity (Wildman–Crippen MR) is 124 cm³/mol. The molecule has 1 aliphatic rings. The lowest BCUT2D eigenvalue weighted by Crippen LogP contribution is -2.48. The number of anilines is 2. The first-order chi connectivity index (χ1) is 15.0. The predicted octanol–water partition coefficient (Wildman–Crippen LogP) is 3.34. The minimum Gasteiger partial charge on any atom is -0.372 e. The topological polar surface area (TPSA) is 105 Å². The van der Waals surface area contributed by atoms with Crippen LogP contribution in [0.2, 0.25) is 0 Å². The Labute approximate surface area is 189 Å². The molecular weight excluding hydrogens is 430 g/mol. The van der Waals surface area contributed by atoms with Gasteiger partial charge < -0.3 is 15.0 Å². The van der Waals surface area contributed by atoms with Crippen LogP contribution in [0.25, 0.3) is 0 Å². The van der Waals surface area contributed by atoms with E-state index in [2.05, 4.69) is 10.0 Å². The number of amides is 2. The highest BCUT2D eigenvalue weighted by Gasteiger charge is 2.26. The monoisotopic (exact) mass is 459 g/mol. The van der Waals surface area contributed by atoms with Gasteiger partial charge in [-0.3, -0.25) is 14.3 Å². The SMILES string of the molecule is CC1CN(C(=O)c2ccc(NC(=O)c3ccc(NS(=O)(=O)C(C)C)cc3)cc2)CC(C)O1. The molecule has 0 saturated carbocycles. The fourth-order valence-corrected chi connectivity index (χ4v) is 4.10. The van der Waals surface area contributed by atoms with Crippen LogP contribution >= 0.6 is 0 Å². The number of hydrogen-bond acceptors (Lipinski definition) is 5. The minimum atomic E-state index is -3.45. The summed E-state index contributed by atoms with van der Waals surface area (Å²) >= 11 is 0. The summed E-state index contributed by atoms with van der Waals surface area (Å²) < 4.78 is 32.0. The highest BCUT2D eigenvalue weighted by Crippen LogP contribution is 2.18. The smallest absolute Gasteiger partial charge is 0.255 e. The van der Waals surface area contributed by atoms with Crippen LogP contribution in [0.5, 0.6) is 0 Å². The number of carbonyl (C=O) groups is 2. The maximum Gasteiger partial charge on any atom is 0.255 e. The van der Waals surface area contributed by atoms with E-state index in [0.29, 0.717) is 35.6 Å². The van der Waals surface area contributed by atoms with Gasteiger partial charge in [0.25, 0.3) is 11.8 Å². The van der Waals surface area contributed by atoms with E-state index in [-0.39, 0.29) is 24.0 Å². The Hall–Kier alpha value is -2.91. The molecule has 0 radical (unpaired) electrons. The quantitative estimate of drug-likeness (QED) is 0.689. The van der Waals surface area contributed by atoms with Gasteiger partial charge in [0.15, 0.2) is 0 Å². The van der Waals surface area contributed by atoms with Gasteiger partial charge in [0.05, 0.1) is 17.5 Å². The number of rotatable bonds is 6. The maximum absolute atomic E-state index is 12.8. The summed E-state index contributed by atoms with van der Waals surface area (Å²) in [6, 6.07) is 12.9. The first kappa shape index (κ1) is 23.7. The van der Waals surface area contributed by atoms with Crippen molar-refractivity contribution in [3.63, 3.8) is 0 Å². The number of nitrogens with zero attached hydrogens (tertiary/aromatic N) is 1. The number of sulfonamides is 1. The highest BCUT2D eigenvalue weighted by molar-refractivity contribution is 7.93. The van der Waals surface area contributed by atoms with Gasteiger partial charge in [-0.15, -0.1) is 0 Å². The highest BCUT2D eigenvalue weighted by atomic mass is 32.2. The van der Waals surface area contributed by atoms with Crippen molar-refractivity contribution in [3.8, 4) is 0 Å². The third-order valence-electron chi connectivity index (χ3n) is 5.12. The van der Waals surface area contributed by atoms with E-state index >= 15 is 0 Å². The number of carbonyl (C=O) groups excluding carboxylic acids is 2. The summed E-state index contributed by atoms with van der Waals surface area (Å²) in [5.74, 6) is -0.400. The molecule has 1 saturated heterocycles. The third-order valence-corrected chi connectivity index (χ3v) is 6.89. The Kier molecular flexibility index (Phi) is 7.20. The second-order valence-corrected chi connectivity index (χ2v) is 10.5. The van der Waals surface area contributed by atoms with Crippen LogP contribution in [0.1, 0.15) is 48.4 Å². The number of ether oxygens (including phenoxy) is 1. The number of hydrogen-bond donors (Lipinski definition) is 2. The fourth-order valence-electron chi connectivity index (χ4n) is 3.40. The second-order valence-electron chi connectivity index (χ2n) is 8.27. The van der Waals surface area contributed by atoms with Crippen molar-refractivity contribution in [2.24, 2.45) is 0 Å². The Morgan fingerprint density at radius 1 is 0.906 bits per heavy atom. The van der Waals surface area contributed by atoms with E-state index in [1.807, 2.05) is 13.8 Å². The second kappa shape index (κ2) is 9.70. The summed E-state index contributed by atoms with van der Waals surface area (Å²) in [4.78, 5) is 27.1. The average Bonchev–Trinajstić information content (AvgIpc) is 2.73. The molecule has 3 rings (SSSR count). The lowest BCUT2D eigenvalue weighted by Gasteiger charge is -2.35. The molecule has 0 aliphatic carbocycles. The van der Waals surface area contributed by atoms with Gasteiger partial charge in [-0.05, 0) is 76.2 Å². The van der Waals surface area contributed by atoms with Crippen LogP contribution in [-0.2, 0) is 14.8 Å². The largest absolute Gasteiger partial charge is 0.372 e. The van der Waals surface area contributed by atoms with Crippen molar-refractivity contribution in [2.75, 3.05) is 23.1 Å². The van der Waals surface area contributed by atoms with Gasteiger partial charge >= 0.3 is 0 Å². The molecule has 32 heavy (non-hydrogen) atoms. The minimum absolute atomic E-state index is 0.00618. The molecule has 1 fully saturated rings. The molecule has 9 heteroatoms. The standard InChI is InChI=1S/C23H29N3O5S/c1-15(2)32(29,30)25-21-11-5-18(6-12-21)22(27)24-20-9-7-19(8-10-20)23(28)26-13-16(3)31-17(4)14-26/h5-12,15-17,25H,13-14H2,1-4H3,(H,24,27). The molecule has 2 aromatic rings. The van der Waals surface area contributed by atoms with Crippen LogP contribution in [-0.4, -0.2) is 55.7 Å². The first-order valence-electron chi connectivity index (χ1n) is 10.5. The Balaban J connectivity index is 1.61. The molecule has 172 valence electrons. The van der Waals surface area contributed by atoms with Crippen molar-refractivity contribution in [3.05, 3.63) is 59.7 Å². The Bertz CT molecular complexity index is 1060. The van der Waals surface area contributed by atoms with Gasteiger partial charge in [-0.2, -0.15) is 0 Å². The molecule has 1 aliphatic heterocycles. The Morgan fingerprint density at radius 3 is 1.94 bits per heavy atom. The zero-order chi connectivity index (χ0) is 23.5. The van der Waals surface area contributed by atoms with E-state index < -0.39 is 15.3 Å². The van der Waals surface area contributed by atoms with E-state index in [4.69, 9.17) is 4.74 Å². The fraction of sp³-hybridized carbons (Fsp3) is 0.391. The maximum atomic E-state index is 12.8. The first-order valence-corrected chi connectivity index (χ1v) is 12.1. The van der Waals surface area contributed by atoms with Crippen molar-refractivity contribution in [1.29, 1.82) is 0 Å². The zero-order valence-electron chi connectivity index (χ0n) is 18.7. The van der Waals surface area contributed by atoms with Crippen molar-refractivity contribution < 1.29 is 22.7 Å². The summed E-state index contributed by atoms with van der Waals surface area (Å²) in [5.41, 5.74) is 1.88. The van der Waals surface area contributed by atoms with Crippen LogP contribution in [0.3, 0.4) is 0 Å². The van der Waals surface area contributed by atoms with Gasteiger partial charge in [-0.25, -0.2) is 8.42 Å². The summed E-state index contributed by atoms with van der Waals surface area (Å²) in [5, 5.41) is 2.22. The van der Waals surface area contributed by atoms with Crippen LogP contribution < -0.4 is 10.0 Å². The molecule has 0 aromatic heterocycles. The third kappa shape index (κ3) is 5.86. The summed E-state index contributed by atoms with van der Waals surface area (Å²) in [7, 11) is -3.45. The molecular formula is C23H29N3O5S. The number of nitrogens with one attached hydrogen (secondary N) is 2. The van der Waals surface area contributed by atoms with Crippen LogP contribution in [0, 0.1) is 0 Å². The normalized spacial score (nSPS) is 19.0. The van der Waals surface area contributed by atoms with E-state index in [0.717, 1.165) is 0 Å². The molecule has 8 nitrogen and oxygen atoms in total. The van der Waals surface area contributed by atoms with E-state index in [1.165, 1.54) is 0 Å². The molecule has 0 bridgehead atoms. The molecule has 2 amide bonds. The van der Waals surface area contributed by atoms with Crippen molar-refractivity contribution in [2.45, 2.75) is 45.2 Å². The number of morpholine rings is 1. The lowest BCUT2D eigenvalue weighted by atomic mass is 10.1. The molecule has 2 unspecified atom stereocenters. The summed E-state index contributed by atoms with van der Waals surface area (Å²) in [6.45, 7) is 8.16. The van der Waals surface area contributed by atoms with Crippen molar-refractivity contribution >= 4 is 33.2 Å². The molecule has 2 aromatic carbocycles. The molecule has 0 spiro atoms. The summed E-state index contributed by atoms with van der Waals surface area (Å²) in [6.07, 6.45) is -0.0124. The zero-order valence-corrected chi connectivity index (χ0v) is 19.5. The number of benzene rings is 2. The van der Waals surface area contributed by atoms with Gasteiger partial charge in [-0.1, -0.05) is 0 Å². The van der Waals surface area contributed by atoms with E-state index in [9.17, 15) is 18.0 Å². The van der Waals surface area contributed by atoms with Crippen molar-refractivity contribution in [1.82, 2.24) is 4.90 Å². The molecule has 2 atom stereocenters. The lowest BCUT2D eigenvalue weighted by molar-refractivity contribution is -0.0586. The van der Waals surface area contributed by atoms with E-state index in [1.54, 1.807) is 67.3 Å².